The number of likely N-dealkylation sites (N-methyl/N-ethyl adjacent to an activating group) is 1. The van der Waals surface area contributed by atoms with E-state index >= 15 is 0 Å². The van der Waals surface area contributed by atoms with E-state index in [0.29, 0.717) is 22.3 Å². The van der Waals surface area contributed by atoms with Crippen LogP contribution < -0.4 is 5.32 Å². The lowest BCUT2D eigenvalue weighted by molar-refractivity contribution is -0.137. The maximum absolute atomic E-state index is 12.7. The van der Waals surface area contributed by atoms with E-state index in [2.05, 4.69) is 20.4 Å². The Hall–Kier alpha value is -3.47. The van der Waals surface area contributed by atoms with Gasteiger partial charge in [0.05, 0.1) is 12.1 Å². The first-order valence-corrected chi connectivity index (χ1v) is 12.1. The van der Waals surface area contributed by atoms with E-state index < -0.39 is 24.0 Å². The topological polar surface area (TPSA) is 119 Å². The molecule has 0 aliphatic heterocycles. The van der Waals surface area contributed by atoms with E-state index in [1.54, 1.807) is 16.6 Å². The molecule has 2 aromatic heterocycles. The van der Waals surface area contributed by atoms with Gasteiger partial charge in [0.1, 0.15) is 0 Å². The molecule has 0 radical (unpaired) electrons. The molecule has 0 saturated heterocycles. The molecule has 35 heavy (non-hydrogen) atoms. The van der Waals surface area contributed by atoms with Gasteiger partial charge in [-0.1, -0.05) is 30.0 Å². The summed E-state index contributed by atoms with van der Waals surface area (Å²) in [5.41, 5.74) is 2.48. The number of benzene rings is 1. The molecule has 2 amide bonds. The first-order chi connectivity index (χ1) is 16.4. The van der Waals surface area contributed by atoms with Gasteiger partial charge in [0.2, 0.25) is 11.1 Å². The lowest BCUT2D eigenvalue weighted by Gasteiger charge is -2.23. The van der Waals surface area contributed by atoms with Crippen molar-refractivity contribution >= 4 is 35.3 Å². The number of rotatable bonds is 8. The molecule has 0 saturated carbocycles. The Balaban J connectivity index is 1.59. The molecule has 0 atom stereocenters. The lowest BCUT2D eigenvalue weighted by atomic mass is 10.1. The smallest absolute Gasteiger partial charge is 0.338 e. The SMILES string of the molecule is Cc1cc(C)n2nc(SCc3ccccc3C(=O)OCC(=O)N(C)CC(=O)NC(C)(C)C)nc2n1. The van der Waals surface area contributed by atoms with Crippen molar-refractivity contribution in [2.24, 2.45) is 0 Å². The van der Waals surface area contributed by atoms with Gasteiger partial charge in [0, 0.05) is 29.7 Å². The summed E-state index contributed by atoms with van der Waals surface area (Å²) >= 11 is 1.38. The quantitative estimate of drug-likeness (QED) is 0.372. The highest BCUT2D eigenvalue weighted by Gasteiger charge is 2.20. The van der Waals surface area contributed by atoms with E-state index in [1.807, 2.05) is 52.8 Å². The second-order valence-corrected chi connectivity index (χ2v) is 10.2. The van der Waals surface area contributed by atoms with E-state index in [0.717, 1.165) is 17.0 Å². The first kappa shape index (κ1) is 26.1. The highest BCUT2D eigenvalue weighted by molar-refractivity contribution is 7.98. The zero-order valence-electron chi connectivity index (χ0n) is 20.8. The maximum atomic E-state index is 12.7. The molecule has 11 heteroatoms. The summed E-state index contributed by atoms with van der Waals surface area (Å²) in [6.45, 7) is 8.82. The molecule has 0 unspecified atom stereocenters. The second-order valence-electron chi connectivity index (χ2n) is 9.22. The second kappa shape index (κ2) is 10.9. The fourth-order valence-corrected chi connectivity index (χ4v) is 4.10. The van der Waals surface area contributed by atoms with Crippen LogP contribution in [-0.4, -0.2) is 68.0 Å². The number of fused-ring (bicyclic) bond motifs is 1. The Morgan fingerprint density at radius 3 is 2.57 bits per heavy atom. The van der Waals surface area contributed by atoms with Crippen LogP contribution in [0.5, 0.6) is 0 Å². The highest BCUT2D eigenvalue weighted by atomic mass is 32.2. The number of aromatic nitrogens is 4. The number of hydrogen-bond donors (Lipinski definition) is 1. The fraction of sp³-hybridized carbons (Fsp3) is 0.417. The average molecular weight is 499 g/mol. The summed E-state index contributed by atoms with van der Waals surface area (Å²) in [7, 11) is 1.49. The number of nitrogens with zero attached hydrogens (tertiary/aromatic N) is 5. The molecule has 186 valence electrons. The molecule has 0 aliphatic rings. The molecule has 1 aromatic carbocycles. The molecule has 3 rings (SSSR count). The fourth-order valence-electron chi connectivity index (χ4n) is 3.27. The van der Waals surface area contributed by atoms with E-state index in [9.17, 15) is 14.4 Å². The van der Waals surface area contributed by atoms with Crippen molar-refractivity contribution < 1.29 is 19.1 Å². The van der Waals surface area contributed by atoms with Gasteiger partial charge < -0.3 is 15.0 Å². The number of thioether (sulfide) groups is 1. The van der Waals surface area contributed by atoms with Crippen LogP contribution in [0.1, 0.15) is 48.1 Å². The standard InChI is InChI=1S/C24H30N6O4S/c1-15-11-16(2)30-22(25-15)26-23(28-30)35-14-17-9-7-8-10-18(17)21(33)34-13-20(32)29(6)12-19(31)27-24(3,4)5/h7-11H,12-14H2,1-6H3,(H,27,31). The molecule has 3 aromatic rings. The Kier molecular flexibility index (Phi) is 8.11. The number of hydrogen-bond acceptors (Lipinski definition) is 8. The Bertz CT molecular complexity index is 1250. The van der Waals surface area contributed by atoms with Gasteiger partial charge in [-0.3, -0.25) is 9.59 Å². The maximum Gasteiger partial charge on any atom is 0.338 e. The molecule has 0 spiro atoms. The normalized spacial score (nSPS) is 11.4. The highest BCUT2D eigenvalue weighted by Crippen LogP contribution is 2.23. The zero-order chi connectivity index (χ0) is 25.8. The minimum Gasteiger partial charge on any atom is -0.452 e. The van der Waals surface area contributed by atoms with Crippen molar-refractivity contribution in [3.05, 3.63) is 52.8 Å². The van der Waals surface area contributed by atoms with Crippen molar-refractivity contribution in [2.45, 2.75) is 51.1 Å². The first-order valence-electron chi connectivity index (χ1n) is 11.1. The number of esters is 1. The van der Waals surface area contributed by atoms with E-state index in [4.69, 9.17) is 4.74 Å². The predicted octanol–water partition coefficient (Wildman–Crippen LogP) is 2.56. The third kappa shape index (κ3) is 7.25. The van der Waals surface area contributed by atoms with Crippen LogP contribution in [0.15, 0.2) is 35.5 Å². The molecule has 1 N–H and O–H groups in total. The van der Waals surface area contributed by atoms with Crippen molar-refractivity contribution in [1.82, 2.24) is 29.8 Å². The largest absolute Gasteiger partial charge is 0.452 e. The molecule has 0 bridgehead atoms. The summed E-state index contributed by atoms with van der Waals surface area (Å²) in [6, 6.07) is 8.95. The van der Waals surface area contributed by atoms with Gasteiger partial charge in [-0.25, -0.2) is 14.3 Å². The van der Waals surface area contributed by atoms with Gasteiger partial charge in [-0.15, -0.1) is 5.10 Å². The zero-order valence-corrected chi connectivity index (χ0v) is 21.6. The predicted molar refractivity (Wildman–Crippen MR) is 132 cm³/mol. The van der Waals surface area contributed by atoms with E-state index in [1.165, 1.54) is 23.7 Å². The summed E-state index contributed by atoms with van der Waals surface area (Å²) in [5.74, 6) is -0.416. The molecule has 0 aliphatic carbocycles. The van der Waals surface area contributed by atoms with Gasteiger partial charge in [-0.2, -0.15) is 4.98 Å². The Morgan fingerprint density at radius 2 is 1.86 bits per heavy atom. The molecule has 0 fully saturated rings. The van der Waals surface area contributed by atoms with Crippen LogP contribution >= 0.6 is 11.8 Å². The Morgan fingerprint density at radius 1 is 1.14 bits per heavy atom. The summed E-state index contributed by atoms with van der Waals surface area (Å²) in [6.07, 6.45) is 0. The molecular weight excluding hydrogens is 468 g/mol. The van der Waals surface area contributed by atoms with Crippen molar-refractivity contribution in [3.63, 3.8) is 0 Å². The van der Waals surface area contributed by atoms with E-state index in [-0.39, 0.29) is 12.5 Å². The number of carbonyl (C=O) groups excluding carboxylic acids is 3. The van der Waals surface area contributed by atoms with Crippen molar-refractivity contribution in [2.75, 3.05) is 20.2 Å². The van der Waals surface area contributed by atoms with Gasteiger partial charge in [0.25, 0.3) is 11.7 Å². The van der Waals surface area contributed by atoms with Gasteiger partial charge >= 0.3 is 5.97 Å². The Labute approximate surface area is 208 Å². The number of amides is 2. The molecular formula is C24H30N6O4S. The van der Waals surface area contributed by atoms with Crippen LogP contribution in [0.25, 0.3) is 5.78 Å². The minimum absolute atomic E-state index is 0.124. The van der Waals surface area contributed by atoms with Crippen LogP contribution in [0.4, 0.5) is 0 Å². The average Bonchev–Trinajstić information content (AvgIpc) is 3.17. The van der Waals surface area contributed by atoms with Crippen LogP contribution in [0.2, 0.25) is 0 Å². The third-order valence-corrected chi connectivity index (χ3v) is 5.73. The van der Waals surface area contributed by atoms with Crippen LogP contribution in [0, 0.1) is 13.8 Å². The van der Waals surface area contributed by atoms with Crippen LogP contribution in [-0.2, 0) is 20.1 Å². The van der Waals surface area contributed by atoms with Crippen molar-refractivity contribution in [1.29, 1.82) is 0 Å². The summed E-state index contributed by atoms with van der Waals surface area (Å²) in [4.78, 5) is 47.2. The number of ether oxygens (including phenoxy) is 1. The third-order valence-electron chi connectivity index (χ3n) is 4.84. The summed E-state index contributed by atoms with van der Waals surface area (Å²) in [5, 5.41) is 7.80. The van der Waals surface area contributed by atoms with Crippen LogP contribution in [0.3, 0.4) is 0 Å². The number of aryl methyl sites for hydroxylation is 2. The molecule has 10 nitrogen and oxygen atoms in total. The monoisotopic (exact) mass is 498 g/mol. The number of nitrogens with one attached hydrogen (secondary N) is 1. The van der Waals surface area contributed by atoms with Crippen molar-refractivity contribution in [3.8, 4) is 0 Å². The molecule has 2 heterocycles. The minimum atomic E-state index is -0.613. The lowest BCUT2D eigenvalue weighted by Crippen LogP contribution is -2.46. The summed E-state index contributed by atoms with van der Waals surface area (Å²) < 4.78 is 6.93. The van der Waals surface area contributed by atoms with Gasteiger partial charge in [0.15, 0.2) is 6.61 Å². The van der Waals surface area contributed by atoms with Gasteiger partial charge in [-0.05, 0) is 52.3 Å². The number of carbonyl (C=O) groups is 3.